The number of aromatic nitrogens is 2. The molecule has 128 valence electrons. The summed E-state index contributed by atoms with van der Waals surface area (Å²) >= 11 is 0. The first kappa shape index (κ1) is 15.0. The van der Waals surface area contributed by atoms with Gasteiger partial charge < -0.3 is 5.73 Å². The maximum atomic E-state index is 6.20. The number of rotatable bonds is 2. The van der Waals surface area contributed by atoms with Crippen molar-refractivity contribution in [3.63, 3.8) is 0 Å². The Morgan fingerprint density at radius 1 is 0.960 bits per heavy atom. The molecule has 4 atom stereocenters. The van der Waals surface area contributed by atoms with Crippen molar-refractivity contribution < 1.29 is 0 Å². The van der Waals surface area contributed by atoms with Crippen LogP contribution in [0.15, 0.2) is 54.7 Å². The molecule has 0 radical (unpaired) electrons. The second kappa shape index (κ2) is 5.91. The number of nitrogens with zero attached hydrogens (tertiary/aromatic N) is 2. The summed E-state index contributed by atoms with van der Waals surface area (Å²) in [4.78, 5) is 0. The van der Waals surface area contributed by atoms with Gasteiger partial charge in [0.05, 0.1) is 29.6 Å². The number of nitrogens with one attached hydrogen (secondary N) is 4. The Morgan fingerprint density at radius 3 is 2.64 bits per heavy atom. The second-order valence-electron chi connectivity index (χ2n) is 6.69. The van der Waals surface area contributed by atoms with E-state index < -0.39 is 0 Å². The molecule has 1 aromatic carbocycles. The summed E-state index contributed by atoms with van der Waals surface area (Å²) in [5.74, 6) is 0.300. The van der Waals surface area contributed by atoms with Crippen molar-refractivity contribution in [2.75, 3.05) is 0 Å². The van der Waals surface area contributed by atoms with Crippen LogP contribution in [-0.4, -0.2) is 21.9 Å². The lowest BCUT2D eigenvalue weighted by molar-refractivity contribution is 0.200. The fourth-order valence-electron chi connectivity index (χ4n) is 3.92. The molecule has 4 unspecified atom stereocenters. The normalized spacial score (nSPS) is 29.0. The van der Waals surface area contributed by atoms with Crippen LogP contribution in [0.2, 0.25) is 0 Å². The third kappa shape index (κ3) is 2.45. The highest BCUT2D eigenvalue weighted by Gasteiger charge is 2.40. The van der Waals surface area contributed by atoms with Crippen LogP contribution in [0.5, 0.6) is 0 Å². The van der Waals surface area contributed by atoms with Crippen molar-refractivity contribution in [3.8, 4) is 11.3 Å². The van der Waals surface area contributed by atoms with Gasteiger partial charge >= 0.3 is 0 Å². The number of pyridine rings is 1. The van der Waals surface area contributed by atoms with Crippen LogP contribution < -0.4 is 27.4 Å². The maximum Gasteiger partial charge on any atom is 0.0982 e. The Balaban J connectivity index is 1.62. The fourth-order valence-corrected chi connectivity index (χ4v) is 3.92. The lowest BCUT2D eigenvalue weighted by Gasteiger charge is -2.34. The molecular formula is C18H21N7. The van der Waals surface area contributed by atoms with Gasteiger partial charge in [-0.15, -0.1) is 0 Å². The van der Waals surface area contributed by atoms with E-state index in [2.05, 4.69) is 46.0 Å². The third-order valence-electron chi connectivity index (χ3n) is 5.19. The molecule has 2 aliphatic heterocycles. The van der Waals surface area contributed by atoms with E-state index in [0.717, 1.165) is 23.2 Å². The molecule has 0 aliphatic carbocycles. The van der Waals surface area contributed by atoms with Crippen LogP contribution in [0.25, 0.3) is 16.8 Å². The molecule has 6 N–H and O–H groups in total. The van der Waals surface area contributed by atoms with Crippen LogP contribution in [-0.2, 0) is 0 Å². The van der Waals surface area contributed by atoms with Gasteiger partial charge in [-0.05, 0) is 18.6 Å². The molecule has 0 spiro atoms. The second-order valence-corrected chi connectivity index (χ2v) is 6.69. The first-order valence-corrected chi connectivity index (χ1v) is 8.61. The molecule has 0 bridgehead atoms. The van der Waals surface area contributed by atoms with Crippen molar-refractivity contribution in [1.29, 1.82) is 0 Å². The monoisotopic (exact) mass is 335 g/mol. The first-order valence-electron chi connectivity index (χ1n) is 8.61. The molecule has 7 heteroatoms. The van der Waals surface area contributed by atoms with Crippen molar-refractivity contribution in [2.24, 2.45) is 11.7 Å². The number of fused-ring (bicyclic) bond motifs is 2. The van der Waals surface area contributed by atoms with Gasteiger partial charge in [-0.3, -0.25) is 0 Å². The number of benzene rings is 1. The molecular weight excluding hydrogens is 314 g/mol. The molecule has 2 aliphatic rings. The molecule has 2 saturated heterocycles. The van der Waals surface area contributed by atoms with Gasteiger partial charge in [-0.25, -0.2) is 26.2 Å². The summed E-state index contributed by atoms with van der Waals surface area (Å²) in [6.45, 7) is 0. The van der Waals surface area contributed by atoms with Crippen molar-refractivity contribution in [3.05, 3.63) is 60.3 Å². The molecule has 4 heterocycles. The van der Waals surface area contributed by atoms with Crippen molar-refractivity contribution >= 4 is 5.52 Å². The summed E-state index contributed by atoms with van der Waals surface area (Å²) in [6, 6.07) is 16.6. The van der Waals surface area contributed by atoms with E-state index in [9.17, 15) is 0 Å². The largest absolute Gasteiger partial charge is 0.315 e. The van der Waals surface area contributed by atoms with Gasteiger partial charge in [0.2, 0.25) is 0 Å². The average molecular weight is 335 g/mol. The predicted octanol–water partition coefficient (Wildman–Crippen LogP) is 0.875. The van der Waals surface area contributed by atoms with Gasteiger partial charge in [0.1, 0.15) is 0 Å². The van der Waals surface area contributed by atoms with Crippen LogP contribution in [0.4, 0.5) is 0 Å². The van der Waals surface area contributed by atoms with Gasteiger partial charge in [0.25, 0.3) is 0 Å². The smallest absolute Gasteiger partial charge is 0.0982 e. The van der Waals surface area contributed by atoms with E-state index in [-0.39, 0.29) is 18.4 Å². The standard InChI is InChI=1S/C18H21N7/c19-17-12-10-13(20-22-18(12)23-21-17)15-14-8-4-5-9-25(14)24-16(15)11-6-2-1-3-7-11/h1-9,12-13,17-18,20-23H,10,19H2. The van der Waals surface area contributed by atoms with E-state index in [0.29, 0.717) is 5.92 Å². The minimum absolute atomic E-state index is 0.0656. The Morgan fingerprint density at radius 2 is 1.76 bits per heavy atom. The molecule has 2 aromatic heterocycles. The Kier molecular flexibility index (Phi) is 3.54. The first-order chi connectivity index (χ1) is 12.3. The summed E-state index contributed by atoms with van der Waals surface area (Å²) in [5.41, 5.74) is 23.8. The minimum atomic E-state index is -0.0656. The van der Waals surface area contributed by atoms with Gasteiger partial charge in [-0.2, -0.15) is 5.10 Å². The zero-order valence-corrected chi connectivity index (χ0v) is 13.7. The van der Waals surface area contributed by atoms with E-state index in [4.69, 9.17) is 10.8 Å². The molecule has 2 fully saturated rings. The topological polar surface area (TPSA) is 91.4 Å². The molecule has 7 nitrogen and oxygen atoms in total. The fraction of sp³-hybridized carbons (Fsp3) is 0.278. The average Bonchev–Trinajstić information content (AvgIpc) is 3.23. The van der Waals surface area contributed by atoms with E-state index >= 15 is 0 Å². The summed E-state index contributed by atoms with van der Waals surface area (Å²) in [5, 5.41) is 4.85. The van der Waals surface area contributed by atoms with Crippen molar-refractivity contribution in [1.82, 2.24) is 31.3 Å². The van der Waals surface area contributed by atoms with Gasteiger partial charge in [-0.1, -0.05) is 36.4 Å². The van der Waals surface area contributed by atoms with E-state index in [1.807, 2.05) is 35.0 Å². The summed E-state index contributed by atoms with van der Waals surface area (Å²) in [6.07, 6.45) is 2.99. The lowest BCUT2D eigenvalue weighted by Crippen LogP contribution is -2.56. The number of hydrogen-bond donors (Lipinski definition) is 5. The van der Waals surface area contributed by atoms with Crippen LogP contribution in [0.1, 0.15) is 18.0 Å². The molecule has 3 aromatic rings. The highest BCUT2D eigenvalue weighted by molar-refractivity contribution is 5.73. The lowest BCUT2D eigenvalue weighted by atomic mass is 9.88. The highest BCUT2D eigenvalue weighted by Crippen LogP contribution is 2.36. The molecule has 0 saturated carbocycles. The number of hydrogen-bond acceptors (Lipinski definition) is 6. The Hall–Kier alpha value is -2.29. The summed E-state index contributed by atoms with van der Waals surface area (Å²) in [7, 11) is 0. The van der Waals surface area contributed by atoms with Gasteiger partial charge in [0.15, 0.2) is 0 Å². The highest BCUT2D eigenvalue weighted by atomic mass is 15.6. The number of nitrogens with two attached hydrogens (primary N) is 1. The maximum absolute atomic E-state index is 6.20. The molecule has 25 heavy (non-hydrogen) atoms. The molecule has 5 rings (SSSR count). The zero-order valence-electron chi connectivity index (χ0n) is 13.7. The van der Waals surface area contributed by atoms with Gasteiger partial charge in [0, 0.05) is 23.2 Å². The minimum Gasteiger partial charge on any atom is -0.315 e. The quantitative estimate of drug-likeness (QED) is 0.477. The Bertz CT molecular complexity index is 891. The van der Waals surface area contributed by atoms with Crippen LogP contribution in [0, 0.1) is 5.92 Å². The van der Waals surface area contributed by atoms with E-state index in [1.54, 1.807) is 0 Å². The zero-order chi connectivity index (χ0) is 16.8. The molecule has 0 amide bonds. The van der Waals surface area contributed by atoms with Crippen LogP contribution >= 0.6 is 0 Å². The summed E-state index contributed by atoms with van der Waals surface area (Å²) < 4.78 is 1.95. The van der Waals surface area contributed by atoms with E-state index in [1.165, 1.54) is 5.56 Å². The number of hydrazine groups is 2. The van der Waals surface area contributed by atoms with Crippen LogP contribution in [0.3, 0.4) is 0 Å². The SMILES string of the molecule is NC1NNC2NNC(c3c(-c4ccccc4)nn4ccccc34)CC12. The third-order valence-corrected chi connectivity index (χ3v) is 5.19. The Labute approximate surface area is 145 Å². The van der Waals surface area contributed by atoms with Crippen molar-refractivity contribution in [2.45, 2.75) is 24.8 Å². The predicted molar refractivity (Wildman–Crippen MR) is 95.8 cm³/mol.